The number of rotatable bonds is 32. The SMILES string of the molecule is C[C@H]1NC(=O)N[C@H]1CSCCCCCC(=O)NCCOCCOCCOCCOCCC(=O)NCCCc1cn([C@@H]2O[C@H](OP(=O)(O)O)[C@@H](OP(=O)(O)O)[C@H]2O)c(=O)nc1N. The van der Waals surface area contributed by atoms with E-state index in [-0.39, 0.29) is 73.9 Å². The molecule has 1 aromatic rings. The topological polar surface area (TPSA) is 360 Å². The van der Waals surface area contributed by atoms with Gasteiger partial charge >= 0.3 is 27.4 Å². The second-order valence-electron chi connectivity index (χ2n) is 13.8. The number of aromatic nitrogens is 2. The molecule has 28 heteroatoms. The first-order valence-corrected chi connectivity index (χ1v) is 23.8. The Morgan fingerprint density at radius 2 is 1.46 bits per heavy atom. The number of nitrogens with zero attached hydrogens (tertiary/aromatic N) is 2. The lowest BCUT2D eigenvalue weighted by molar-refractivity contribution is -0.134. The number of hydrogen-bond donors (Lipinski definition) is 10. The number of carbonyl (C=O) groups is 3. The molecule has 4 amide bonds. The van der Waals surface area contributed by atoms with Crippen LogP contribution in [0.2, 0.25) is 0 Å². The molecule has 6 atom stereocenters. The van der Waals surface area contributed by atoms with Gasteiger partial charge in [-0.05, 0) is 38.4 Å². The van der Waals surface area contributed by atoms with Crippen molar-refractivity contribution in [3.05, 3.63) is 22.2 Å². The minimum Gasteiger partial charge on any atom is -0.385 e. The van der Waals surface area contributed by atoms with Crippen molar-refractivity contribution >= 4 is 51.1 Å². The number of phosphoric ester groups is 2. The van der Waals surface area contributed by atoms with Gasteiger partial charge in [0.2, 0.25) is 18.1 Å². The lowest BCUT2D eigenvalue weighted by Crippen LogP contribution is -2.37. The maximum atomic E-state index is 12.6. The Morgan fingerprint density at radius 3 is 2.08 bits per heavy atom. The summed E-state index contributed by atoms with van der Waals surface area (Å²) >= 11 is 1.81. The van der Waals surface area contributed by atoms with E-state index in [1.54, 1.807) is 0 Å². The minimum atomic E-state index is -5.32. The molecular weight excluding hydrogens is 876 g/mol. The van der Waals surface area contributed by atoms with E-state index in [1.165, 1.54) is 0 Å². The fraction of sp³-hybridized carbons (Fsp3) is 0.788. The lowest BCUT2D eigenvalue weighted by Gasteiger charge is -2.21. The molecule has 2 fully saturated rings. The predicted molar refractivity (Wildman–Crippen MR) is 216 cm³/mol. The Balaban J connectivity index is 1.13. The van der Waals surface area contributed by atoms with Gasteiger partial charge < -0.3 is 75.4 Å². The van der Waals surface area contributed by atoms with Gasteiger partial charge in [-0.1, -0.05) is 6.42 Å². The van der Waals surface area contributed by atoms with Crippen molar-refractivity contribution in [1.29, 1.82) is 0 Å². The van der Waals surface area contributed by atoms with Crippen LogP contribution in [0.25, 0.3) is 0 Å². The van der Waals surface area contributed by atoms with Gasteiger partial charge in [0.15, 0.2) is 12.3 Å². The van der Waals surface area contributed by atoms with Gasteiger partial charge in [0.05, 0.1) is 58.9 Å². The van der Waals surface area contributed by atoms with E-state index in [0.29, 0.717) is 63.6 Å². The molecule has 2 aliphatic heterocycles. The molecule has 0 saturated carbocycles. The highest BCUT2D eigenvalue weighted by Gasteiger charge is 2.51. The van der Waals surface area contributed by atoms with E-state index in [2.05, 4.69) is 35.3 Å². The van der Waals surface area contributed by atoms with Crippen molar-refractivity contribution in [2.75, 3.05) is 83.2 Å². The van der Waals surface area contributed by atoms with E-state index in [1.807, 2.05) is 18.7 Å². The fourth-order valence-corrected chi connectivity index (χ4v) is 8.00. The van der Waals surface area contributed by atoms with Crippen molar-refractivity contribution < 1.29 is 80.9 Å². The Kier molecular flexibility index (Phi) is 23.6. The third-order valence-electron chi connectivity index (χ3n) is 8.88. The first-order valence-electron chi connectivity index (χ1n) is 19.6. The quantitative estimate of drug-likeness (QED) is 0.0294. The number of phosphoric acid groups is 2. The van der Waals surface area contributed by atoms with Crippen molar-refractivity contribution in [2.45, 2.75) is 88.7 Å². The number of amides is 4. The highest BCUT2D eigenvalue weighted by molar-refractivity contribution is 7.99. The van der Waals surface area contributed by atoms with Crippen LogP contribution < -0.4 is 32.7 Å². The molecule has 3 heterocycles. The number of urea groups is 1. The van der Waals surface area contributed by atoms with E-state index in [0.717, 1.165) is 37.0 Å². The molecular formula is C33H59N7O18P2S. The van der Waals surface area contributed by atoms with Crippen LogP contribution in [0.1, 0.15) is 57.2 Å². The number of aliphatic hydroxyl groups is 1. The number of hydrogen-bond acceptors (Lipinski definition) is 17. The van der Waals surface area contributed by atoms with Crippen LogP contribution in [0.5, 0.6) is 0 Å². The lowest BCUT2D eigenvalue weighted by atomic mass is 10.1. The predicted octanol–water partition coefficient (Wildman–Crippen LogP) is -1.39. The Hall–Kier alpha value is -2.78. The molecule has 350 valence electrons. The van der Waals surface area contributed by atoms with Gasteiger partial charge in [-0.2, -0.15) is 16.7 Å². The molecule has 0 radical (unpaired) electrons. The summed E-state index contributed by atoms with van der Waals surface area (Å²) in [6, 6.07) is 0.193. The summed E-state index contributed by atoms with van der Waals surface area (Å²) in [6.07, 6.45) is -3.12. The molecule has 2 aliphatic rings. The summed E-state index contributed by atoms with van der Waals surface area (Å²) in [7, 11) is -10.6. The molecule has 0 aromatic carbocycles. The van der Waals surface area contributed by atoms with Crippen LogP contribution in [0.15, 0.2) is 11.0 Å². The summed E-state index contributed by atoms with van der Waals surface area (Å²) in [5.41, 5.74) is 5.07. The van der Waals surface area contributed by atoms with E-state index in [9.17, 15) is 43.2 Å². The Morgan fingerprint density at radius 1 is 0.852 bits per heavy atom. The van der Waals surface area contributed by atoms with Gasteiger partial charge in [0.1, 0.15) is 11.9 Å². The van der Waals surface area contributed by atoms with Gasteiger partial charge in [-0.3, -0.25) is 23.2 Å². The molecule has 25 nitrogen and oxygen atoms in total. The highest BCUT2D eigenvalue weighted by atomic mass is 32.2. The largest absolute Gasteiger partial charge is 0.472 e. The van der Waals surface area contributed by atoms with Gasteiger partial charge in [0.25, 0.3) is 0 Å². The third-order valence-corrected chi connectivity index (χ3v) is 11.1. The summed E-state index contributed by atoms with van der Waals surface area (Å²) < 4.78 is 59.2. The molecule has 2 saturated heterocycles. The molecule has 0 bridgehead atoms. The van der Waals surface area contributed by atoms with Crippen LogP contribution in [-0.2, 0) is 57.9 Å². The zero-order valence-electron chi connectivity index (χ0n) is 33.8. The second kappa shape index (κ2) is 27.4. The fourth-order valence-electron chi connectivity index (χ4n) is 5.81. The second-order valence-corrected chi connectivity index (χ2v) is 17.3. The van der Waals surface area contributed by atoms with Gasteiger partial charge in [-0.15, -0.1) is 0 Å². The van der Waals surface area contributed by atoms with Crippen LogP contribution in [0.3, 0.4) is 0 Å². The zero-order valence-corrected chi connectivity index (χ0v) is 36.4. The van der Waals surface area contributed by atoms with Crippen molar-refractivity contribution in [1.82, 2.24) is 30.8 Å². The molecule has 0 spiro atoms. The molecule has 11 N–H and O–H groups in total. The molecule has 0 unspecified atom stereocenters. The molecule has 1 aromatic heterocycles. The summed E-state index contributed by atoms with van der Waals surface area (Å²) in [4.78, 5) is 88.4. The summed E-state index contributed by atoms with van der Waals surface area (Å²) in [5, 5.41) is 21.9. The third kappa shape index (κ3) is 21.4. The maximum absolute atomic E-state index is 12.6. The number of anilines is 1. The molecule has 0 aliphatic carbocycles. The van der Waals surface area contributed by atoms with Crippen LogP contribution in [-0.4, -0.2) is 160 Å². The normalized spacial score (nSPS) is 21.6. The smallest absolute Gasteiger partial charge is 0.385 e. The van der Waals surface area contributed by atoms with Crippen LogP contribution in [0.4, 0.5) is 10.6 Å². The van der Waals surface area contributed by atoms with Crippen molar-refractivity contribution in [2.24, 2.45) is 0 Å². The summed E-state index contributed by atoms with van der Waals surface area (Å²) in [6.45, 7) is 5.17. The van der Waals surface area contributed by atoms with E-state index < -0.39 is 46.1 Å². The number of thioether (sulfide) groups is 1. The first kappa shape index (κ1) is 52.6. The van der Waals surface area contributed by atoms with E-state index in [4.69, 9.17) is 39.2 Å². The number of aliphatic hydroxyl groups excluding tert-OH is 1. The van der Waals surface area contributed by atoms with Gasteiger partial charge in [-0.25, -0.2) is 18.7 Å². The monoisotopic (exact) mass is 935 g/mol. The number of aryl methyl sites for hydroxylation is 1. The zero-order chi connectivity index (χ0) is 44.8. The average molecular weight is 936 g/mol. The number of unbranched alkanes of at least 4 members (excludes halogenated alkanes) is 2. The first-order chi connectivity index (χ1) is 28.9. The Bertz CT molecular complexity index is 1670. The number of nitrogen functional groups attached to an aromatic ring is 1. The van der Waals surface area contributed by atoms with Crippen molar-refractivity contribution in [3.8, 4) is 0 Å². The number of nitrogens with one attached hydrogen (secondary N) is 4. The van der Waals surface area contributed by atoms with Crippen LogP contribution >= 0.6 is 27.4 Å². The molecule has 3 rings (SSSR count). The van der Waals surface area contributed by atoms with Gasteiger partial charge in [0, 0.05) is 49.5 Å². The number of carbonyl (C=O) groups excluding carboxylic acids is 3. The maximum Gasteiger partial charge on any atom is 0.472 e. The number of ether oxygens (including phenoxy) is 5. The Labute approximate surface area is 356 Å². The standard InChI is InChI=1S/C33H59N7O18P2S/c1-22-24(38-32(44)37-22)21-61-19-4-2-3-7-25(41)36-10-12-53-14-16-55-18-17-54-15-13-52-11-8-26(42)35-9-5-6-23-20-40(33(45)39-29(23)34)30-27(43)28(57-59(46,47)48)31(56-30)58-60(49,50)51/h20,22,24,27-28,30-31,43H,2-19,21H2,1H3,(H,35,42)(H,36,41)(H2,34,39,45)(H2,37,38,44)(H2,46,47,48)(H2,49,50,51)/t22-,24+,27-,28+,30-,31-/m1/s1. The highest BCUT2D eigenvalue weighted by Crippen LogP contribution is 2.48. The molecule has 61 heavy (non-hydrogen) atoms. The van der Waals surface area contributed by atoms with Crippen molar-refractivity contribution in [3.63, 3.8) is 0 Å². The van der Waals surface area contributed by atoms with Crippen LogP contribution in [0, 0.1) is 0 Å². The number of nitrogens with two attached hydrogens (primary N) is 1. The summed E-state index contributed by atoms with van der Waals surface area (Å²) in [5.74, 6) is 1.41. The average Bonchev–Trinajstić information content (AvgIpc) is 3.65. The minimum absolute atomic E-state index is 0.00258. The van der Waals surface area contributed by atoms with E-state index >= 15 is 0 Å².